The van der Waals surface area contributed by atoms with Gasteiger partial charge in [0.25, 0.3) is 0 Å². The quantitative estimate of drug-likeness (QED) is 0.0209. The molecule has 2 fully saturated rings. The summed E-state index contributed by atoms with van der Waals surface area (Å²) in [5.41, 5.74) is -3.31. The maximum absolute atomic E-state index is 12.6. The summed E-state index contributed by atoms with van der Waals surface area (Å²) in [5, 5.41) is 82.4. The summed E-state index contributed by atoms with van der Waals surface area (Å²) in [6.45, 7) is 31.4. The summed E-state index contributed by atoms with van der Waals surface area (Å²) in [6.07, 6.45) is 13.4. The Morgan fingerprint density at radius 1 is 0.687 bits per heavy atom. The zero-order valence-electron chi connectivity index (χ0n) is 50.2. The summed E-state index contributed by atoms with van der Waals surface area (Å²) in [4.78, 5) is 47.8. The predicted molar refractivity (Wildman–Crippen MR) is 324 cm³/mol. The van der Waals surface area contributed by atoms with Crippen molar-refractivity contribution in [2.75, 3.05) is 0 Å². The zero-order valence-corrected chi connectivity index (χ0v) is 50.2. The minimum atomic E-state index is -1.43. The molecule has 18 nitrogen and oxygen atoms in total. The number of carbonyl (C=O) groups excluding carboxylic acids is 4. The van der Waals surface area contributed by atoms with Crippen molar-refractivity contribution in [1.29, 1.82) is 0 Å². The molecule has 0 unspecified atom stereocenters. The van der Waals surface area contributed by atoms with E-state index in [2.05, 4.69) is 13.2 Å². The Kier molecular flexibility index (Phi) is 35.6. The molecule has 0 aromatic carbocycles. The lowest BCUT2D eigenvalue weighted by Crippen LogP contribution is -2.42. The highest BCUT2D eigenvalue weighted by Crippen LogP contribution is 2.39. The van der Waals surface area contributed by atoms with E-state index >= 15 is 0 Å². The fourth-order valence-corrected chi connectivity index (χ4v) is 9.76. The largest absolute Gasteiger partial charge is 0.457 e. The number of hydrogen-bond donors (Lipinski definition) is 8. The van der Waals surface area contributed by atoms with E-state index < -0.39 is 89.0 Å². The Balaban J connectivity index is 0. The fraction of sp³-hybridized carbons (Fsp3) is 0.723. The van der Waals surface area contributed by atoms with E-state index in [9.17, 15) is 60.0 Å². The Labute approximate surface area is 498 Å². The molecule has 0 aromatic heterocycles. The first-order chi connectivity index (χ1) is 37.0. The molecule has 0 aromatic rings. The van der Waals surface area contributed by atoms with Crippen LogP contribution < -0.4 is 0 Å². The average molecular weight is 1180 g/mol. The van der Waals surface area contributed by atoms with Crippen LogP contribution in [0.2, 0.25) is 0 Å². The minimum Gasteiger partial charge on any atom is -0.457 e. The first-order valence-electron chi connectivity index (χ1n) is 28.3. The van der Waals surface area contributed by atoms with Crippen molar-refractivity contribution < 1.29 is 88.5 Å². The zero-order chi connectivity index (χ0) is 61.1. The highest BCUT2D eigenvalue weighted by molar-refractivity contribution is 5.71. The summed E-state index contributed by atoms with van der Waals surface area (Å²) in [5.74, 6) is -2.57. The second-order valence-electron chi connectivity index (χ2n) is 23.6. The average Bonchev–Trinajstić information content (AvgIpc) is 4.31. The van der Waals surface area contributed by atoms with E-state index in [1.54, 1.807) is 82.4 Å². The molecule has 0 saturated carbocycles. The molecule has 8 N–H and O–H groups in total. The molecule has 0 spiro atoms. The molecule has 0 radical (unpaired) electrons. The van der Waals surface area contributed by atoms with Crippen LogP contribution in [-0.2, 0) is 47.6 Å². The smallest absolute Gasteiger partial charge is 0.309 e. The topological polar surface area (TPSA) is 292 Å². The van der Waals surface area contributed by atoms with Gasteiger partial charge in [0.1, 0.15) is 35.6 Å². The molecule has 0 aliphatic carbocycles. The summed E-state index contributed by atoms with van der Waals surface area (Å²) < 4.78 is 33.1. The lowest BCUT2D eigenvalue weighted by molar-refractivity contribution is -0.158. The van der Waals surface area contributed by atoms with Crippen molar-refractivity contribution >= 4 is 23.9 Å². The van der Waals surface area contributed by atoms with Crippen molar-refractivity contribution in [2.24, 2.45) is 23.7 Å². The number of allylic oxidation sites excluding steroid dienone is 4. The number of aliphatic hydroxyl groups is 8. The van der Waals surface area contributed by atoms with Gasteiger partial charge in [-0.3, -0.25) is 19.2 Å². The highest BCUT2D eigenvalue weighted by Gasteiger charge is 2.48. The molecule has 18 heteroatoms. The molecule has 0 amide bonds. The fourth-order valence-electron chi connectivity index (χ4n) is 9.76. The standard InChI is InChI=1S/C30H48O9.C20H30O6.C12H22O3.3CH4/c1-8-23(33)20(4)28-24(38-28)17-29(6,35)14-9-10-18(2)27-19(3)11-12-25(37-21(5)31)30(7,36)15-13-22(32)16-26(34)39-27;1-6-7-13(2)19-14(3)8-9-17(25-15(4)21)20(5,24)11-10-16(22)12-18(23)26-19;1-5-9(13)8(3)11-10(15-11)7-12(4,14)6-2;;;/h9-12,14,19-20,22-25,27-28,32-33,35-36H,8,13,15-17H2,1-7H3;6-9,14,16-17,19,22,24H,1,10-12H2,2-5H3;6,8-11,13-14H,2,5,7H2,1,3-4H3;3*1H4/b12-11+,14-9+,18-10+;9-8+,13-7+;;;;/t19-,20+,22+,23-,24+,25-,27+,28+,29-,30+;14-,16+,17-,19+,20+;8-,9+,10-,11-,12+;;;/m001.../s1. The van der Waals surface area contributed by atoms with Crippen LogP contribution in [0.25, 0.3) is 0 Å². The summed E-state index contributed by atoms with van der Waals surface area (Å²) in [6, 6.07) is 0. The third-order valence-corrected chi connectivity index (χ3v) is 15.3. The van der Waals surface area contributed by atoms with Gasteiger partial charge in [0.2, 0.25) is 0 Å². The monoisotopic (exact) mass is 1180 g/mol. The van der Waals surface area contributed by atoms with E-state index in [-0.39, 0.29) is 115 Å². The number of aliphatic hydroxyl groups excluding tert-OH is 4. The van der Waals surface area contributed by atoms with Gasteiger partial charge < -0.3 is 69.3 Å². The number of ether oxygens (including phenoxy) is 6. The predicted octanol–water partition coefficient (Wildman–Crippen LogP) is 8.98. The summed E-state index contributed by atoms with van der Waals surface area (Å²) in [7, 11) is 0. The summed E-state index contributed by atoms with van der Waals surface area (Å²) >= 11 is 0. The Morgan fingerprint density at radius 3 is 1.39 bits per heavy atom. The van der Waals surface area contributed by atoms with Gasteiger partial charge in [-0.2, -0.15) is 0 Å². The first-order valence-corrected chi connectivity index (χ1v) is 28.3. The Bertz CT molecular complexity index is 2150. The van der Waals surface area contributed by atoms with E-state index in [4.69, 9.17) is 28.4 Å². The van der Waals surface area contributed by atoms with Crippen molar-refractivity contribution in [3.8, 4) is 0 Å². The van der Waals surface area contributed by atoms with Gasteiger partial charge in [-0.15, -0.1) is 6.58 Å². The highest BCUT2D eigenvalue weighted by atomic mass is 16.6. The lowest BCUT2D eigenvalue weighted by atomic mass is 9.88. The SMILES string of the molecule is C.C.C.C=C/C=C(\C)[C@H]1OC(=O)C[C@H](O)CC[C@@](C)(O)[C@@H](OC(C)=O)/C=C/[C@@H]1C.C=C[C@](C)(O)C[C@H]1O[C@@H]1[C@H](C)[C@@H](O)CC.CC[C@H](O)[C@@H](C)[C@H]1O[C@@H]1C[C@@](C)(O)/C=C/C=C(\C)[C@H]1OC(=O)C[C@H](O)CC[C@@](C)(O)[C@@H](OC(C)=O)/C=C/[C@@H]1C. The number of hydrogen-bond acceptors (Lipinski definition) is 18. The van der Waals surface area contributed by atoms with E-state index in [0.717, 1.165) is 12.0 Å². The van der Waals surface area contributed by atoms with Crippen LogP contribution in [-0.4, -0.2) is 160 Å². The van der Waals surface area contributed by atoms with E-state index in [1.165, 1.54) is 26.8 Å². The number of cyclic esters (lactones) is 2. The van der Waals surface area contributed by atoms with Crippen molar-refractivity contribution in [1.82, 2.24) is 0 Å². The van der Waals surface area contributed by atoms with Gasteiger partial charge in [0.15, 0.2) is 0 Å². The maximum Gasteiger partial charge on any atom is 0.309 e. The van der Waals surface area contributed by atoms with Gasteiger partial charge in [-0.25, -0.2) is 0 Å². The molecular weight excluding hydrogens is 1070 g/mol. The normalized spacial score (nSPS) is 34.2. The van der Waals surface area contributed by atoms with Crippen LogP contribution in [0.4, 0.5) is 0 Å². The second-order valence-corrected chi connectivity index (χ2v) is 23.6. The van der Waals surface area contributed by atoms with Crippen molar-refractivity contribution in [2.45, 2.75) is 279 Å². The minimum absolute atomic E-state index is 0. The van der Waals surface area contributed by atoms with Gasteiger partial charge in [-0.05, 0) is 103 Å². The Hall–Kier alpha value is -4.34. The number of esters is 4. The van der Waals surface area contributed by atoms with Crippen LogP contribution in [0.3, 0.4) is 0 Å². The van der Waals surface area contributed by atoms with Crippen LogP contribution in [0.5, 0.6) is 0 Å². The van der Waals surface area contributed by atoms with E-state index in [1.807, 2.05) is 48.5 Å². The molecule has 4 rings (SSSR count). The maximum atomic E-state index is 12.6. The van der Waals surface area contributed by atoms with Crippen molar-refractivity contribution in [3.05, 3.63) is 85.1 Å². The lowest BCUT2D eigenvalue weighted by Gasteiger charge is -2.32. The van der Waals surface area contributed by atoms with Crippen molar-refractivity contribution in [3.63, 3.8) is 0 Å². The number of carbonyl (C=O) groups is 4. The molecular formula is C65H112O18. The second kappa shape index (κ2) is 36.6. The van der Waals surface area contributed by atoms with Crippen LogP contribution >= 0.6 is 0 Å². The first kappa shape index (κ1) is 80.7. The molecule has 83 heavy (non-hydrogen) atoms. The molecule has 4 aliphatic heterocycles. The molecule has 4 heterocycles. The molecule has 2 saturated heterocycles. The Morgan fingerprint density at radius 2 is 1.05 bits per heavy atom. The molecule has 4 aliphatic rings. The number of epoxide rings is 2. The van der Waals surface area contributed by atoms with Crippen LogP contribution in [0.15, 0.2) is 85.1 Å². The van der Waals surface area contributed by atoms with Gasteiger partial charge >= 0.3 is 23.9 Å². The van der Waals surface area contributed by atoms with Gasteiger partial charge in [0.05, 0.1) is 72.9 Å². The third kappa shape index (κ3) is 28.6. The molecule has 0 bridgehead atoms. The third-order valence-electron chi connectivity index (χ3n) is 15.3. The number of rotatable bonds is 18. The molecule has 20 atom stereocenters. The van der Waals surface area contributed by atoms with Gasteiger partial charge in [-0.1, -0.05) is 119 Å². The molecule has 480 valence electrons. The van der Waals surface area contributed by atoms with Crippen LogP contribution in [0, 0.1) is 23.7 Å². The van der Waals surface area contributed by atoms with Gasteiger partial charge in [0, 0.05) is 50.4 Å². The van der Waals surface area contributed by atoms with Crippen LogP contribution in [0.1, 0.15) is 183 Å². The van der Waals surface area contributed by atoms with E-state index in [0.29, 0.717) is 24.8 Å².